The standard InChI is InChI=1S/C9H14N2/c1-7(2)8(3)9-5-4-6-10-11-9/h4-8H,1-3H3/t8-/m1/s1. The molecule has 0 bridgehead atoms. The zero-order valence-corrected chi connectivity index (χ0v) is 7.28. The van der Waals surface area contributed by atoms with Gasteiger partial charge in [0, 0.05) is 12.1 Å². The topological polar surface area (TPSA) is 25.8 Å². The molecule has 0 amide bonds. The highest BCUT2D eigenvalue weighted by Crippen LogP contribution is 2.20. The second-order valence-electron chi connectivity index (χ2n) is 3.18. The van der Waals surface area contributed by atoms with E-state index >= 15 is 0 Å². The molecule has 1 rings (SSSR count). The van der Waals surface area contributed by atoms with E-state index in [9.17, 15) is 0 Å². The molecule has 0 unspecified atom stereocenters. The molecule has 0 saturated heterocycles. The molecular weight excluding hydrogens is 136 g/mol. The smallest absolute Gasteiger partial charge is 0.0661 e. The van der Waals surface area contributed by atoms with E-state index in [0.717, 1.165) is 5.69 Å². The average Bonchev–Trinajstić information content (AvgIpc) is 2.05. The molecule has 0 spiro atoms. The Morgan fingerprint density at radius 2 is 2.00 bits per heavy atom. The van der Waals surface area contributed by atoms with Gasteiger partial charge in [0.05, 0.1) is 5.69 Å². The molecule has 1 heterocycles. The molecule has 0 radical (unpaired) electrons. The highest BCUT2D eigenvalue weighted by Gasteiger charge is 2.10. The lowest BCUT2D eigenvalue weighted by atomic mass is 9.95. The van der Waals surface area contributed by atoms with E-state index in [0.29, 0.717) is 11.8 Å². The first-order chi connectivity index (χ1) is 5.22. The van der Waals surface area contributed by atoms with Gasteiger partial charge in [-0.2, -0.15) is 10.2 Å². The van der Waals surface area contributed by atoms with Gasteiger partial charge in [-0.3, -0.25) is 0 Å². The first kappa shape index (κ1) is 8.18. The zero-order valence-electron chi connectivity index (χ0n) is 7.28. The highest BCUT2D eigenvalue weighted by atomic mass is 15.1. The average molecular weight is 150 g/mol. The van der Waals surface area contributed by atoms with Crippen LogP contribution in [0.4, 0.5) is 0 Å². The van der Waals surface area contributed by atoms with E-state index in [1.165, 1.54) is 0 Å². The number of hydrogen-bond donors (Lipinski definition) is 0. The summed E-state index contributed by atoms with van der Waals surface area (Å²) in [6.45, 7) is 6.56. The van der Waals surface area contributed by atoms with Crippen LogP contribution in [-0.2, 0) is 0 Å². The molecule has 60 valence electrons. The van der Waals surface area contributed by atoms with E-state index in [2.05, 4.69) is 31.0 Å². The fraction of sp³-hybridized carbons (Fsp3) is 0.556. The van der Waals surface area contributed by atoms with Gasteiger partial charge >= 0.3 is 0 Å². The molecule has 0 fully saturated rings. The van der Waals surface area contributed by atoms with Crippen LogP contribution < -0.4 is 0 Å². The summed E-state index contributed by atoms with van der Waals surface area (Å²) in [7, 11) is 0. The summed E-state index contributed by atoms with van der Waals surface area (Å²) in [6.07, 6.45) is 1.70. The summed E-state index contributed by atoms with van der Waals surface area (Å²) in [5.41, 5.74) is 1.09. The maximum atomic E-state index is 4.05. The largest absolute Gasteiger partial charge is 0.159 e. The fourth-order valence-corrected chi connectivity index (χ4v) is 0.898. The van der Waals surface area contributed by atoms with Crippen molar-refractivity contribution in [2.45, 2.75) is 26.7 Å². The summed E-state index contributed by atoms with van der Waals surface area (Å²) in [5.74, 6) is 1.13. The number of nitrogens with zero attached hydrogens (tertiary/aromatic N) is 2. The van der Waals surface area contributed by atoms with Crippen LogP contribution in [0, 0.1) is 5.92 Å². The minimum absolute atomic E-state index is 0.503. The molecule has 0 saturated carbocycles. The van der Waals surface area contributed by atoms with Gasteiger partial charge < -0.3 is 0 Å². The van der Waals surface area contributed by atoms with Crippen molar-refractivity contribution in [2.24, 2.45) is 5.92 Å². The van der Waals surface area contributed by atoms with Gasteiger partial charge in [0.25, 0.3) is 0 Å². The third-order valence-electron chi connectivity index (χ3n) is 2.06. The Bertz CT molecular complexity index is 206. The van der Waals surface area contributed by atoms with Crippen molar-refractivity contribution < 1.29 is 0 Å². The number of rotatable bonds is 2. The van der Waals surface area contributed by atoms with Crippen LogP contribution in [0.3, 0.4) is 0 Å². The molecule has 1 aromatic heterocycles. The fourth-order valence-electron chi connectivity index (χ4n) is 0.898. The van der Waals surface area contributed by atoms with Crippen molar-refractivity contribution in [3.63, 3.8) is 0 Å². The van der Waals surface area contributed by atoms with Crippen molar-refractivity contribution in [1.82, 2.24) is 10.2 Å². The first-order valence-electron chi connectivity index (χ1n) is 3.99. The number of hydrogen-bond acceptors (Lipinski definition) is 2. The minimum atomic E-state index is 0.503. The summed E-state index contributed by atoms with van der Waals surface area (Å²) in [5, 5.41) is 7.89. The molecule has 2 nitrogen and oxygen atoms in total. The lowest BCUT2D eigenvalue weighted by Crippen LogP contribution is -2.04. The molecule has 1 atom stereocenters. The van der Waals surface area contributed by atoms with Crippen LogP contribution in [0.15, 0.2) is 18.3 Å². The van der Waals surface area contributed by atoms with Gasteiger partial charge in [-0.15, -0.1) is 0 Å². The van der Waals surface area contributed by atoms with Crippen LogP contribution in [0.25, 0.3) is 0 Å². The maximum absolute atomic E-state index is 4.05. The predicted molar refractivity (Wildman–Crippen MR) is 45.3 cm³/mol. The van der Waals surface area contributed by atoms with Crippen LogP contribution in [0.1, 0.15) is 32.4 Å². The summed E-state index contributed by atoms with van der Waals surface area (Å²) >= 11 is 0. The molecule has 0 N–H and O–H groups in total. The van der Waals surface area contributed by atoms with Crippen LogP contribution in [0.5, 0.6) is 0 Å². The lowest BCUT2D eigenvalue weighted by molar-refractivity contribution is 0.518. The summed E-state index contributed by atoms with van der Waals surface area (Å²) in [4.78, 5) is 0. The minimum Gasteiger partial charge on any atom is -0.159 e. The molecule has 2 heteroatoms. The third kappa shape index (κ3) is 2.00. The van der Waals surface area contributed by atoms with Crippen LogP contribution >= 0.6 is 0 Å². The Morgan fingerprint density at radius 1 is 1.27 bits per heavy atom. The van der Waals surface area contributed by atoms with Crippen LogP contribution in [-0.4, -0.2) is 10.2 Å². The van der Waals surface area contributed by atoms with Gasteiger partial charge in [0.2, 0.25) is 0 Å². The van der Waals surface area contributed by atoms with E-state index in [-0.39, 0.29) is 0 Å². The van der Waals surface area contributed by atoms with Crippen molar-refractivity contribution in [3.05, 3.63) is 24.0 Å². The van der Waals surface area contributed by atoms with Gasteiger partial charge in [-0.25, -0.2) is 0 Å². The molecule has 0 aromatic carbocycles. The Hall–Kier alpha value is -0.920. The van der Waals surface area contributed by atoms with E-state index < -0.39 is 0 Å². The normalized spacial score (nSPS) is 13.5. The van der Waals surface area contributed by atoms with Crippen molar-refractivity contribution in [1.29, 1.82) is 0 Å². The SMILES string of the molecule is CC(C)[C@@H](C)c1cccnn1. The van der Waals surface area contributed by atoms with Crippen LogP contribution in [0.2, 0.25) is 0 Å². The van der Waals surface area contributed by atoms with Crippen molar-refractivity contribution in [3.8, 4) is 0 Å². The zero-order chi connectivity index (χ0) is 8.27. The van der Waals surface area contributed by atoms with Gasteiger partial charge in [-0.1, -0.05) is 20.8 Å². The molecule has 0 aliphatic rings. The van der Waals surface area contributed by atoms with E-state index in [1.807, 2.05) is 12.1 Å². The van der Waals surface area contributed by atoms with Gasteiger partial charge in [0.1, 0.15) is 0 Å². The van der Waals surface area contributed by atoms with Gasteiger partial charge in [-0.05, 0) is 18.1 Å². The van der Waals surface area contributed by atoms with E-state index in [4.69, 9.17) is 0 Å². The molecule has 0 aliphatic carbocycles. The second kappa shape index (κ2) is 3.46. The Balaban J connectivity index is 2.77. The quantitative estimate of drug-likeness (QED) is 0.646. The lowest BCUT2D eigenvalue weighted by Gasteiger charge is -2.12. The summed E-state index contributed by atoms with van der Waals surface area (Å²) < 4.78 is 0. The molecule has 1 aromatic rings. The Labute approximate surface area is 67.7 Å². The Kier molecular flexibility index (Phi) is 2.58. The second-order valence-corrected chi connectivity index (χ2v) is 3.18. The van der Waals surface area contributed by atoms with Crippen molar-refractivity contribution >= 4 is 0 Å². The van der Waals surface area contributed by atoms with Gasteiger partial charge in [0.15, 0.2) is 0 Å². The predicted octanol–water partition coefficient (Wildman–Crippen LogP) is 2.24. The maximum Gasteiger partial charge on any atom is 0.0661 e. The third-order valence-corrected chi connectivity index (χ3v) is 2.06. The van der Waals surface area contributed by atoms with E-state index in [1.54, 1.807) is 6.20 Å². The monoisotopic (exact) mass is 150 g/mol. The molecule has 0 aliphatic heterocycles. The van der Waals surface area contributed by atoms with Crippen molar-refractivity contribution in [2.75, 3.05) is 0 Å². The molecule has 11 heavy (non-hydrogen) atoms. The molecular formula is C9H14N2. The summed E-state index contributed by atoms with van der Waals surface area (Å²) in [6, 6.07) is 3.96. The Morgan fingerprint density at radius 3 is 2.45 bits per heavy atom. The highest BCUT2D eigenvalue weighted by molar-refractivity contribution is 5.05. The number of aromatic nitrogens is 2. The first-order valence-corrected chi connectivity index (χ1v) is 3.99.